The van der Waals surface area contributed by atoms with Gasteiger partial charge in [-0.3, -0.25) is 18.5 Å². The SMILES string of the molecule is CCCCCCCOP(=O)(OCCCCCCC)OCN1CCC(N)CC1. The summed E-state index contributed by atoms with van der Waals surface area (Å²) in [6, 6.07) is 0.270. The summed E-state index contributed by atoms with van der Waals surface area (Å²) in [7, 11) is -3.49. The lowest BCUT2D eigenvalue weighted by Gasteiger charge is -2.30. The van der Waals surface area contributed by atoms with Crippen molar-refractivity contribution in [3.05, 3.63) is 0 Å². The molecule has 0 bridgehead atoms. The molecule has 0 amide bonds. The van der Waals surface area contributed by atoms with Crippen LogP contribution in [0, 0.1) is 0 Å². The molecule has 1 heterocycles. The molecule has 162 valence electrons. The quantitative estimate of drug-likeness (QED) is 0.255. The number of unbranched alkanes of at least 4 members (excludes halogenated alkanes) is 8. The lowest BCUT2D eigenvalue weighted by atomic mass is 10.1. The summed E-state index contributed by atoms with van der Waals surface area (Å²) >= 11 is 0. The van der Waals surface area contributed by atoms with Gasteiger partial charge in [0.2, 0.25) is 0 Å². The molecule has 0 saturated carbocycles. The number of phosphoric ester groups is 1. The molecule has 1 fully saturated rings. The molecule has 0 radical (unpaired) electrons. The molecule has 0 aromatic rings. The van der Waals surface area contributed by atoms with E-state index >= 15 is 0 Å². The molecule has 0 atom stereocenters. The summed E-state index contributed by atoms with van der Waals surface area (Å²) in [6.45, 7) is 7.28. The average Bonchev–Trinajstić information content (AvgIpc) is 2.67. The highest BCUT2D eigenvalue weighted by molar-refractivity contribution is 7.48. The minimum absolute atomic E-state index is 0.270. The van der Waals surface area contributed by atoms with Gasteiger partial charge in [0, 0.05) is 19.1 Å². The number of likely N-dealkylation sites (tertiary alicyclic amines) is 1. The number of nitrogens with two attached hydrogens (primary N) is 1. The fourth-order valence-electron chi connectivity index (χ4n) is 3.11. The Balaban J connectivity index is 2.33. The van der Waals surface area contributed by atoms with Gasteiger partial charge in [0.25, 0.3) is 0 Å². The third kappa shape index (κ3) is 13.0. The van der Waals surface area contributed by atoms with Crippen LogP contribution in [0.15, 0.2) is 0 Å². The van der Waals surface area contributed by atoms with E-state index in [2.05, 4.69) is 18.7 Å². The van der Waals surface area contributed by atoms with Gasteiger partial charge in [0.1, 0.15) is 6.73 Å². The number of hydrogen-bond donors (Lipinski definition) is 1. The smallest absolute Gasteiger partial charge is 0.328 e. The van der Waals surface area contributed by atoms with Crippen LogP contribution in [0.4, 0.5) is 0 Å². The Hall–Kier alpha value is 0.0300. The molecule has 0 aliphatic carbocycles. The minimum atomic E-state index is -3.49. The van der Waals surface area contributed by atoms with Crippen LogP contribution in [0.2, 0.25) is 0 Å². The predicted molar refractivity (Wildman–Crippen MR) is 112 cm³/mol. The van der Waals surface area contributed by atoms with E-state index in [0.29, 0.717) is 13.2 Å². The second-order valence-electron chi connectivity index (χ2n) is 7.66. The van der Waals surface area contributed by atoms with Gasteiger partial charge in [-0.1, -0.05) is 65.2 Å². The van der Waals surface area contributed by atoms with Gasteiger partial charge in [-0.2, -0.15) is 0 Å². The van der Waals surface area contributed by atoms with Crippen molar-refractivity contribution in [1.82, 2.24) is 4.90 Å². The monoisotopic (exact) mass is 406 g/mol. The maximum absolute atomic E-state index is 13.0. The van der Waals surface area contributed by atoms with Crippen molar-refractivity contribution in [1.29, 1.82) is 0 Å². The first-order chi connectivity index (χ1) is 13.1. The van der Waals surface area contributed by atoms with Crippen LogP contribution in [-0.2, 0) is 18.1 Å². The number of piperidine rings is 1. The van der Waals surface area contributed by atoms with E-state index in [9.17, 15) is 4.57 Å². The maximum Gasteiger partial charge on any atom is 0.476 e. The van der Waals surface area contributed by atoms with Crippen molar-refractivity contribution in [2.45, 2.75) is 96.9 Å². The summed E-state index contributed by atoms with van der Waals surface area (Å²) < 4.78 is 29.9. The fourth-order valence-corrected chi connectivity index (χ4v) is 4.34. The summed E-state index contributed by atoms with van der Waals surface area (Å²) in [5, 5.41) is 0. The van der Waals surface area contributed by atoms with E-state index in [1.54, 1.807) is 0 Å². The highest BCUT2D eigenvalue weighted by Gasteiger charge is 2.28. The molecule has 1 aliphatic heterocycles. The number of phosphoric acid groups is 1. The summed E-state index contributed by atoms with van der Waals surface area (Å²) in [4.78, 5) is 2.13. The van der Waals surface area contributed by atoms with Gasteiger partial charge in [-0.05, 0) is 25.7 Å². The van der Waals surface area contributed by atoms with Crippen molar-refractivity contribution in [2.75, 3.05) is 33.0 Å². The fraction of sp³-hybridized carbons (Fsp3) is 1.00. The van der Waals surface area contributed by atoms with E-state index < -0.39 is 7.82 Å². The summed E-state index contributed by atoms with van der Waals surface area (Å²) in [5.74, 6) is 0. The molecule has 1 rings (SSSR count). The minimum Gasteiger partial charge on any atom is -0.328 e. The van der Waals surface area contributed by atoms with Crippen LogP contribution in [0.25, 0.3) is 0 Å². The highest BCUT2D eigenvalue weighted by Crippen LogP contribution is 2.50. The number of nitrogens with zero attached hydrogens (tertiary/aromatic N) is 1. The zero-order valence-electron chi connectivity index (χ0n) is 17.7. The lowest BCUT2D eigenvalue weighted by Crippen LogP contribution is -2.40. The van der Waals surface area contributed by atoms with Gasteiger partial charge in [0.15, 0.2) is 0 Å². The summed E-state index contributed by atoms with van der Waals surface area (Å²) in [6.07, 6.45) is 13.1. The van der Waals surface area contributed by atoms with Gasteiger partial charge in [0.05, 0.1) is 13.2 Å². The standard InChI is InChI=1S/C20H43N2O4P/c1-3-5-7-9-11-17-24-27(23,25-18-12-10-8-6-4-2)26-19-22-15-13-20(21)14-16-22/h20H,3-19,21H2,1-2H3. The topological polar surface area (TPSA) is 74.0 Å². The molecule has 7 heteroatoms. The molecular weight excluding hydrogens is 363 g/mol. The Morgan fingerprint density at radius 2 is 1.30 bits per heavy atom. The van der Waals surface area contributed by atoms with E-state index in [1.807, 2.05) is 0 Å². The largest absolute Gasteiger partial charge is 0.476 e. The normalized spacial score (nSPS) is 16.9. The molecule has 0 spiro atoms. The molecule has 1 aliphatic rings. The molecule has 1 saturated heterocycles. The molecule has 27 heavy (non-hydrogen) atoms. The van der Waals surface area contributed by atoms with Crippen molar-refractivity contribution in [3.8, 4) is 0 Å². The van der Waals surface area contributed by atoms with E-state index in [1.165, 1.54) is 38.5 Å². The van der Waals surface area contributed by atoms with Crippen LogP contribution < -0.4 is 5.73 Å². The van der Waals surface area contributed by atoms with Crippen molar-refractivity contribution in [3.63, 3.8) is 0 Å². The van der Waals surface area contributed by atoms with Crippen LogP contribution >= 0.6 is 7.82 Å². The lowest BCUT2D eigenvalue weighted by molar-refractivity contribution is 0.0462. The zero-order valence-corrected chi connectivity index (χ0v) is 18.6. The van der Waals surface area contributed by atoms with Crippen molar-refractivity contribution >= 4 is 7.82 Å². The first kappa shape index (κ1) is 25.1. The Morgan fingerprint density at radius 3 is 1.78 bits per heavy atom. The van der Waals surface area contributed by atoms with Crippen molar-refractivity contribution < 1.29 is 18.1 Å². The third-order valence-electron chi connectivity index (χ3n) is 5.03. The number of rotatable bonds is 17. The van der Waals surface area contributed by atoms with Crippen LogP contribution in [-0.4, -0.2) is 44.0 Å². The van der Waals surface area contributed by atoms with Gasteiger partial charge < -0.3 is 5.73 Å². The third-order valence-corrected chi connectivity index (χ3v) is 6.45. The second-order valence-corrected chi connectivity index (χ2v) is 9.32. The Morgan fingerprint density at radius 1 is 0.815 bits per heavy atom. The second kappa shape index (κ2) is 15.9. The Kier molecular flexibility index (Phi) is 14.8. The molecular formula is C20H43N2O4P. The Bertz CT molecular complexity index is 370. The van der Waals surface area contributed by atoms with Gasteiger partial charge in [-0.25, -0.2) is 4.57 Å². The summed E-state index contributed by atoms with van der Waals surface area (Å²) in [5.41, 5.74) is 5.94. The Labute approximate surface area is 167 Å². The van der Waals surface area contributed by atoms with Crippen molar-refractivity contribution in [2.24, 2.45) is 5.73 Å². The van der Waals surface area contributed by atoms with E-state index in [4.69, 9.17) is 19.3 Å². The molecule has 0 aromatic heterocycles. The molecule has 0 aromatic carbocycles. The van der Waals surface area contributed by atoms with E-state index in [0.717, 1.165) is 51.6 Å². The van der Waals surface area contributed by atoms with Crippen LogP contribution in [0.5, 0.6) is 0 Å². The molecule has 0 unspecified atom stereocenters. The first-order valence-corrected chi connectivity index (χ1v) is 12.6. The van der Waals surface area contributed by atoms with E-state index in [-0.39, 0.29) is 12.8 Å². The van der Waals surface area contributed by atoms with Gasteiger partial charge >= 0.3 is 7.82 Å². The van der Waals surface area contributed by atoms with Crippen LogP contribution in [0.3, 0.4) is 0 Å². The highest BCUT2D eigenvalue weighted by atomic mass is 31.2. The maximum atomic E-state index is 13.0. The zero-order chi connectivity index (χ0) is 19.8. The first-order valence-electron chi connectivity index (χ1n) is 11.1. The van der Waals surface area contributed by atoms with Crippen LogP contribution in [0.1, 0.15) is 90.9 Å². The number of hydrogen-bond acceptors (Lipinski definition) is 6. The predicted octanol–water partition coefficient (Wildman–Crippen LogP) is 5.47. The van der Waals surface area contributed by atoms with Gasteiger partial charge in [-0.15, -0.1) is 0 Å². The molecule has 2 N–H and O–H groups in total. The molecule has 6 nitrogen and oxygen atoms in total. The average molecular weight is 407 g/mol.